The van der Waals surface area contributed by atoms with Gasteiger partial charge in [-0.1, -0.05) is 18.2 Å². The number of benzene rings is 1. The van der Waals surface area contributed by atoms with Crippen molar-refractivity contribution in [3.63, 3.8) is 0 Å². The Kier molecular flexibility index (Phi) is 3.11. The first-order valence-electron chi connectivity index (χ1n) is 5.54. The second-order valence-corrected chi connectivity index (χ2v) is 3.96. The minimum absolute atomic E-state index is 1.09. The van der Waals surface area contributed by atoms with Crippen LogP contribution in [-0.4, -0.2) is 4.57 Å². The molecule has 0 aliphatic carbocycles. The van der Waals surface area contributed by atoms with Crippen LogP contribution in [0.1, 0.15) is 17.0 Å². The van der Waals surface area contributed by atoms with E-state index in [9.17, 15) is 0 Å². The van der Waals surface area contributed by atoms with E-state index in [4.69, 9.17) is 5.26 Å². The summed E-state index contributed by atoms with van der Waals surface area (Å²) >= 11 is 0. The molecule has 2 heteroatoms. The zero-order valence-corrected chi connectivity index (χ0v) is 10.0. The fourth-order valence-electron chi connectivity index (χ4n) is 2.06. The van der Waals surface area contributed by atoms with Crippen LogP contribution in [0.5, 0.6) is 0 Å². The molecule has 2 rings (SSSR count). The Morgan fingerprint density at radius 3 is 2.53 bits per heavy atom. The number of nitrogens with zero attached hydrogens (tertiary/aromatic N) is 2. The molecule has 0 fully saturated rings. The fraction of sp³-hybridized carbons (Fsp3) is 0.133. The van der Waals surface area contributed by atoms with Crippen LogP contribution in [0.25, 0.3) is 11.8 Å². The first-order chi connectivity index (χ1) is 8.24. The van der Waals surface area contributed by atoms with Crippen molar-refractivity contribution in [1.82, 2.24) is 4.57 Å². The van der Waals surface area contributed by atoms with E-state index in [1.807, 2.05) is 30.3 Å². The zero-order chi connectivity index (χ0) is 12.3. The molecule has 17 heavy (non-hydrogen) atoms. The lowest BCUT2D eigenvalue weighted by atomic mass is 10.2. The quantitative estimate of drug-likeness (QED) is 0.713. The van der Waals surface area contributed by atoms with Crippen LogP contribution in [0, 0.1) is 25.2 Å². The fourth-order valence-corrected chi connectivity index (χ4v) is 2.06. The van der Waals surface area contributed by atoms with Crippen LogP contribution >= 0.6 is 0 Å². The highest BCUT2D eigenvalue weighted by atomic mass is 15.0. The molecule has 0 amide bonds. The van der Waals surface area contributed by atoms with E-state index < -0.39 is 0 Å². The maximum atomic E-state index is 8.57. The summed E-state index contributed by atoms with van der Waals surface area (Å²) in [4.78, 5) is 0. The minimum Gasteiger partial charge on any atom is -0.318 e. The van der Waals surface area contributed by atoms with Crippen molar-refractivity contribution in [2.24, 2.45) is 0 Å². The summed E-state index contributed by atoms with van der Waals surface area (Å²) in [7, 11) is 0. The Labute approximate surface area is 101 Å². The van der Waals surface area contributed by atoms with E-state index in [1.165, 1.54) is 11.8 Å². The van der Waals surface area contributed by atoms with Gasteiger partial charge in [0.05, 0.1) is 6.07 Å². The van der Waals surface area contributed by atoms with Crippen molar-refractivity contribution in [3.8, 4) is 11.8 Å². The van der Waals surface area contributed by atoms with Gasteiger partial charge in [-0.3, -0.25) is 0 Å². The Morgan fingerprint density at radius 2 is 1.88 bits per heavy atom. The van der Waals surface area contributed by atoms with E-state index in [0.717, 1.165) is 16.9 Å². The van der Waals surface area contributed by atoms with Gasteiger partial charge in [-0.25, -0.2) is 0 Å². The van der Waals surface area contributed by atoms with Crippen molar-refractivity contribution >= 4 is 6.08 Å². The predicted octanol–water partition coefficient (Wildman–Crippen LogP) is 3.63. The van der Waals surface area contributed by atoms with Gasteiger partial charge >= 0.3 is 0 Å². The van der Waals surface area contributed by atoms with Gasteiger partial charge in [-0.2, -0.15) is 5.26 Å². The van der Waals surface area contributed by atoms with Crippen molar-refractivity contribution in [3.05, 3.63) is 59.4 Å². The van der Waals surface area contributed by atoms with Crippen molar-refractivity contribution in [1.29, 1.82) is 5.26 Å². The molecule has 0 atom stereocenters. The second-order valence-electron chi connectivity index (χ2n) is 3.96. The number of hydrogen-bond acceptors (Lipinski definition) is 1. The summed E-state index contributed by atoms with van der Waals surface area (Å²) in [6.45, 7) is 4.14. The van der Waals surface area contributed by atoms with E-state index in [-0.39, 0.29) is 0 Å². The average Bonchev–Trinajstić information content (AvgIpc) is 2.63. The molecular formula is C15H14N2. The van der Waals surface area contributed by atoms with Crippen molar-refractivity contribution in [2.75, 3.05) is 0 Å². The molecule has 0 saturated heterocycles. The smallest absolute Gasteiger partial charge is 0.0912 e. The topological polar surface area (TPSA) is 28.7 Å². The van der Waals surface area contributed by atoms with Gasteiger partial charge in [0.25, 0.3) is 0 Å². The third-order valence-corrected chi connectivity index (χ3v) is 2.82. The molecule has 0 bridgehead atoms. The highest BCUT2D eigenvalue weighted by Crippen LogP contribution is 2.21. The van der Waals surface area contributed by atoms with Crippen LogP contribution < -0.4 is 0 Å². The summed E-state index contributed by atoms with van der Waals surface area (Å²) in [6.07, 6.45) is 3.36. The largest absolute Gasteiger partial charge is 0.318 e. The van der Waals surface area contributed by atoms with Gasteiger partial charge in [0, 0.05) is 23.2 Å². The summed E-state index contributed by atoms with van der Waals surface area (Å²) in [6, 6.07) is 14.3. The molecule has 0 spiro atoms. The predicted molar refractivity (Wildman–Crippen MR) is 69.9 cm³/mol. The molecule has 0 N–H and O–H groups in total. The zero-order valence-electron chi connectivity index (χ0n) is 10.0. The van der Waals surface area contributed by atoms with Crippen molar-refractivity contribution in [2.45, 2.75) is 13.8 Å². The highest BCUT2D eigenvalue weighted by molar-refractivity contribution is 5.57. The van der Waals surface area contributed by atoms with Crippen LogP contribution in [-0.2, 0) is 0 Å². The maximum absolute atomic E-state index is 8.57. The standard InChI is InChI=1S/C15H14N2/c1-12-11-14(7-6-10-16)13(2)17(12)15-8-4-3-5-9-15/h3-9,11H,1-2H3/b7-6+. The number of nitriles is 1. The van der Waals surface area contributed by atoms with Crippen molar-refractivity contribution < 1.29 is 0 Å². The van der Waals surface area contributed by atoms with Gasteiger partial charge in [0.1, 0.15) is 0 Å². The summed E-state index contributed by atoms with van der Waals surface area (Å²) < 4.78 is 2.19. The van der Waals surface area contributed by atoms with Gasteiger partial charge < -0.3 is 4.57 Å². The number of para-hydroxylation sites is 1. The molecule has 2 nitrogen and oxygen atoms in total. The number of rotatable bonds is 2. The van der Waals surface area contributed by atoms with Gasteiger partial charge in [-0.15, -0.1) is 0 Å². The molecule has 1 aromatic heterocycles. The lowest BCUT2D eigenvalue weighted by Gasteiger charge is -2.08. The lowest BCUT2D eigenvalue weighted by molar-refractivity contribution is 0.964. The first kappa shape index (κ1) is 11.2. The summed E-state index contributed by atoms with van der Waals surface area (Å²) in [5, 5.41) is 8.57. The van der Waals surface area contributed by atoms with E-state index in [2.05, 4.69) is 36.6 Å². The average molecular weight is 222 g/mol. The van der Waals surface area contributed by atoms with Crippen LogP contribution in [0.4, 0.5) is 0 Å². The van der Waals surface area contributed by atoms with Crippen LogP contribution in [0.3, 0.4) is 0 Å². The molecule has 2 aromatic rings. The SMILES string of the molecule is Cc1cc(/C=C/C#N)c(C)n1-c1ccccc1. The van der Waals surface area contributed by atoms with E-state index in [0.29, 0.717) is 0 Å². The van der Waals surface area contributed by atoms with Gasteiger partial charge in [-0.05, 0) is 43.7 Å². The first-order valence-corrected chi connectivity index (χ1v) is 5.54. The molecule has 0 aliphatic rings. The van der Waals surface area contributed by atoms with E-state index in [1.54, 1.807) is 0 Å². The molecule has 0 aliphatic heterocycles. The van der Waals surface area contributed by atoms with E-state index >= 15 is 0 Å². The number of aromatic nitrogens is 1. The van der Waals surface area contributed by atoms with Gasteiger partial charge in [0.15, 0.2) is 0 Å². The molecule has 0 saturated carbocycles. The van der Waals surface area contributed by atoms with Crippen LogP contribution in [0.15, 0.2) is 42.5 Å². The third-order valence-electron chi connectivity index (χ3n) is 2.82. The minimum atomic E-state index is 1.09. The Bertz CT molecular complexity index is 583. The maximum Gasteiger partial charge on any atom is 0.0912 e. The Morgan fingerprint density at radius 1 is 1.18 bits per heavy atom. The summed E-state index contributed by atoms with van der Waals surface area (Å²) in [5.74, 6) is 0. The monoisotopic (exact) mass is 222 g/mol. The normalized spacial score (nSPS) is 10.6. The highest BCUT2D eigenvalue weighted by Gasteiger charge is 2.07. The molecule has 84 valence electrons. The number of allylic oxidation sites excluding steroid dienone is 1. The lowest BCUT2D eigenvalue weighted by Crippen LogP contribution is -1.98. The third kappa shape index (κ3) is 2.14. The number of hydrogen-bond donors (Lipinski definition) is 0. The second kappa shape index (κ2) is 4.71. The van der Waals surface area contributed by atoms with Crippen LogP contribution in [0.2, 0.25) is 0 Å². The molecule has 0 unspecified atom stereocenters. The molecule has 1 aromatic carbocycles. The molecular weight excluding hydrogens is 208 g/mol. The van der Waals surface area contributed by atoms with Gasteiger partial charge in [0.2, 0.25) is 0 Å². The Hall–Kier alpha value is -2.27. The molecule has 0 radical (unpaired) electrons. The number of aryl methyl sites for hydroxylation is 1. The molecule has 1 heterocycles. The summed E-state index contributed by atoms with van der Waals surface area (Å²) in [5.41, 5.74) is 4.57. The Balaban J connectivity index is 2.54.